The molecule has 228 valence electrons. The van der Waals surface area contributed by atoms with Gasteiger partial charge in [0, 0.05) is 13.1 Å². The number of piperidine rings is 2. The van der Waals surface area contributed by atoms with Crippen LogP contribution in [0.25, 0.3) is 0 Å². The molecule has 4 rings (SSSR count). The van der Waals surface area contributed by atoms with E-state index in [1.807, 2.05) is 12.1 Å². The average molecular weight is 595 g/mol. The minimum atomic E-state index is -5.08. The third-order valence-corrected chi connectivity index (χ3v) is 7.16. The van der Waals surface area contributed by atoms with Crippen LogP contribution in [0.5, 0.6) is 0 Å². The average Bonchev–Trinajstić information content (AvgIpc) is 2.89. The molecule has 2 saturated heterocycles. The number of alkyl halides is 6. The van der Waals surface area contributed by atoms with Crippen molar-refractivity contribution in [2.45, 2.75) is 58.0 Å². The van der Waals surface area contributed by atoms with Gasteiger partial charge in [-0.15, -0.1) is 0 Å². The number of likely N-dealkylation sites (tertiary alicyclic amines) is 2. The zero-order valence-electron chi connectivity index (χ0n) is 22.4. The van der Waals surface area contributed by atoms with Crippen LogP contribution in [0.3, 0.4) is 0 Å². The SMILES string of the molecule is Cc1ccc(CN2CCC3(CC2)CCN(Cc2ccc(F)cc2)CC3)cc1.O=C(O)C(F)(F)F.O=C(O)C(F)(F)F. The summed E-state index contributed by atoms with van der Waals surface area (Å²) < 4.78 is 76.5. The summed E-state index contributed by atoms with van der Waals surface area (Å²) in [6, 6.07) is 16.0. The highest BCUT2D eigenvalue weighted by molar-refractivity contribution is 5.73. The number of aliphatic carboxylic acids is 2. The number of benzene rings is 2. The van der Waals surface area contributed by atoms with Crippen LogP contribution in [0.1, 0.15) is 42.4 Å². The molecule has 2 aliphatic heterocycles. The molecule has 1 spiro atoms. The predicted octanol–water partition coefficient (Wildman–Crippen LogP) is 6.28. The summed E-state index contributed by atoms with van der Waals surface area (Å²) >= 11 is 0. The summed E-state index contributed by atoms with van der Waals surface area (Å²) in [5.41, 5.74) is 4.55. The van der Waals surface area contributed by atoms with Gasteiger partial charge >= 0.3 is 24.3 Å². The largest absolute Gasteiger partial charge is 0.490 e. The van der Waals surface area contributed by atoms with Crippen molar-refractivity contribution in [1.82, 2.24) is 9.80 Å². The lowest BCUT2D eigenvalue weighted by Gasteiger charge is -2.47. The van der Waals surface area contributed by atoms with Gasteiger partial charge in [-0.3, -0.25) is 9.80 Å². The number of halogens is 7. The number of carboxylic acid groups (broad SMARTS) is 2. The molecule has 0 saturated carbocycles. The maximum atomic E-state index is 13.1. The van der Waals surface area contributed by atoms with Crippen molar-refractivity contribution in [2.24, 2.45) is 5.41 Å². The number of nitrogens with zero attached hydrogens (tertiary/aromatic N) is 2. The predicted molar refractivity (Wildman–Crippen MR) is 136 cm³/mol. The van der Waals surface area contributed by atoms with Gasteiger partial charge in [0.15, 0.2) is 0 Å². The summed E-state index contributed by atoms with van der Waals surface area (Å²) in [7, 11) is 0. The number of hydrogen-bond donors (Lipinski definition) is 2. The van der Waals surface area contributed by atoms with E-state index < -0.39 is 24.3 Å². The normalized spacial score (nSPS) is 17.6. The Labute approximate surface area is 233 Å². The van der Waals surface area contributed by atoms with E-state index in [4.69, 9.17) is 19.8 Å². The highest BCUT2D eigenvalue weighted by atomic mass is 19.4. The Morgan fingerprint density at radius 2 is 0.976 bits per heavy atom. The zero-order chi connectivity index (χ0) is 30.8. The molecule has 2 fully saturated rings. The van der Waals surface area contributed by atoms with E-state index in [1.54, 1.807) is 12.1 Å². The number of carbonyl (C=O) groups is 2. The van der Waals surface area contributed by atoms with Crippen LogP contribution in [-0.2, 0) is 22.7 Å². The van der Waals surface area contributed by atoms with Gasteiger partial charge in [-0.25, -0.2) is 14.0 Å². The molecule has 2 aliphatic rings. The van der Waals surface area contributed by atoms with Crippen molar-refractivity contribution in [1.29, 1.82) is 0 Å². The molecule has 2 heterocycles. The fourth-order valence-electron chi connectivity index (χ4n) is 4.67. The van der Waals surface area contributed by atoms with Gasteiger partial charge < -0.3 is 10.2 Å². The Balaban J connectivity index is 0.000000349. The third kappa shape index (κ3) is 12.1. The Morgan fingerprint density at radius 1 is 0.683 bits per heavy atom. The van der Waals surface area contributed by atoms with E-state index in [0.29, 0.717) is 5.41 Å². The van der Waals surface area contributed by atoms with Gasteiger partial charge in [0.2, 0.25) is 0 Å². The van der Waals surface area contributed by atoms with Crippen molar-refractivity contribution < 1.29 is 50.5 Å². The lowest BCUT2D eigenvalue weighted by atomic mass is 9.71. The molecule has 2 N–H and O–H groups in total. The van der Waals surface area contributed by atoms with Gasteiger partial charge in [0.1, 0.15) is 5.82 Å². The molecule has 0 atom stereocenters. The topological polar surface area (TPSA) is 81.1 Å². The number of carboxylic acids is 2. The standard InChI is InChI=1S/C24H31FN2.2C2HF3O2/c1-20-2-4-21(5-3-20)18-26-14-10-24(11-15-26)12-16-27(17-13-24)19-22-6-8-23(25)9-7-22;2*3-2(4,5)1(6)7/h2-9H,10-19H2,1H3;2*(H,6,7). The molecule has 0 bridgehead atoms. The summed E-state index contributed by atoms with van der Waals surface area (Å²) in [6.07, 6.45) is -4.87. The van der Waals surface area contributed by atoms with Gasteiger partial charge in [0.25, 0.3) is 0 Å². The van der Waals surface area contributed by atoms with Crippen LogP contribution in [0, 0.1) is 18.2 Å². The van der Waals surface area contributed by atoms with E-state index in [9.17, 15) is 30.7 Å². The summed E-state index contributed by atoms with van der Waals surface area (Å²) in [5.74, 6) is -5.66. The molecule has 0 amide bonds. The molecule has 2 aromatic rings. The zero-order valence-corrected chi connectivity index (χ0v) is 22.4. The first-order valence-corrected chi connectivity index (χ1v) is 12.8. The monoisotopic (exact) mass is 594 g/mol. The highest BCUT2D eigenvalue weighted by Crippen LogP contribution is 2.41. The van der Waals surface area contributed by atoms with Crippen LogP contribution in [0.15, 0.2) is 48.5 Å². The lowest BCUT2D eigenvalue weighted by molar-refractivity contribution is -0.193. The number of hydrogen-bond acceptors (Lipinski definition) is 4. The van der Waals surface area contributed by atoms with E-state index >= 15 is 0 Å². The number of rotatable bonds is 4. The fraction of sp³-hybridized carbons (Fsp3) is 0.500. The minimum absolute atomic E-state index is 0.145. The molecule has 13 heteroatoms. The van der Waals surface area contributed by atoms with Gasteiger partial charge in [0.05, 0.1) is 0 Å². The molecular formula is C28H33F7N2O4. The second kappa shape index (κ2) is 14.6. The Hall–Kier alpha value is -3.19. The Bertz CT molecular complexity index is 1010. The highest BCUT2D eigenvalue weighted by Gasteiger charge is 2.39. The summed E-state index contributed by atoms with van der Waals surface area (Å²) in [6.45, 7) is 9.00. The molecular weight excluding hydrogens is 561 g/mol. The summed E-state index contributed by atoms with van der Waals surface area (Å²) in [5, 5.41) is 14.2. The van der Waals surface area contributed by atoms with Crippen molar-refractivity contribution >= 4 is 11.9 Å². The Kier molecular flexibility index (Phi) is 12.1. The molecule has 6 nitrogen and oxygen atoms in total. The molecule has 41 heavy (non-hydrogen) atoms. The van der Waals surface area contributed by atoms with Gasteiger partial charge in [-0.2, -0.15) is 26.3 Å². The maximum absolute atomic E-state index is 13.1. The van der Waals surface area contributed by atoms with Crippen LogP contribution in [-0.4, -0.2) is 70.5 Å². The van der Waals surface area contributed by atoms with Crippen molar-refractivity contribution in [3.63, 3.8) is 0 Å². The van der Waals surface area contributed by atoms with Crippen LogP contribution < -0.4 is 0 Å². The first-order chi connectivity index (χ1) is 19.0. The van der Waals surface area contributed by atoms with E-state index in [2.05, 4.69) is 41.0 Å². The van der Waals surface area contributed by atoms with E-state index in [0.717, 1.165) is 13.1 Å². The van der Waals surface area contributed by atoms with Crippen LogP contribution in [0.4, 0.5) is 30.7 Å². The van der Waals surface area contributed by atoms with E-state index in [1.165, 1.54) is 68.6 Å². The van der Waals surface area contributed by atoms with Gasteiger partial charge in [-0.1, -0.05) is 42.0 Å². The Morgan fingerprint density at radius 3 is 1.27 bits per heavy atom. The van der Waals surface area contributed by atoms with Crippen LogP contribution in [0.2, 0.25) is 0 Å². The molecule has 0 aliphatic carbocycles. The molecule has 0 unspecified atom stereocenters. The third-order valence-electron chi connectivity index (χ3n) is 7.16. The van der Waals surface area contributed by atoms with Crippen molar-refractivity contribution in [3.8, 4) is 0 Å². The smallest absolute Gasteiger partial charge is 0.475 e. The molecule has 0 aromatic heterocycles. The fourth-order valence-corrected chi connectivity index (χ4v) is 4.67. The maximum Gasteiger partial charge on any atom is 0.490 e. The van der Waals surface area contributed by atoms with Crippen LogP contribution >= 0.6 is 0 Å². The number of aryl methyl sites for hydroxylation is 1. The first kappa shape index (κ1) is 34.0. The van der Waals surface area contributed by atoms with Crippen molar-refractivity contribution in [2.75, 3.05) is 26.2 Å². The quantitative estimate of drug-likeness (QED) is 0.406. The lowest BCUT2D eigenvalue weighted by Crippen LogP contribution is -2.46. The van der Waals surface area contributed by atoms with E-state index in [-0.39, 0.29) is 5.82 Å². The minimum Gasteiger partial charge on any atom is -0.475 e. The second-order valence-corrected chi connectivity index (χ2v) is 10.3. The first-order valence-electron chi connectivity index (χ1n) is 12.8. The second-order valence-electron chi connectivity index (χ2n) is 10.3. The molecule has 2 aromatic carbocycles. The van der Waals surface area contributed by atoms with Gasteiger partial charge in [-0.05, 0) is 87.5 Å². The molecule has 0 radical (unpaired) electrons. The summed E-state index contributed by atoms with van der Waals surface area (Å²) in [4.78, 5) is 23.0. The van der Waals surface area contributed by atoms with Crippen molar-refractivity contribution in [3.05, 3.63) is 71.0 Å².